The molecule has 2 amide bonds. The van der Waals surface area contributed by atoms with Crippen molar-refractivity contribution < 1.29 is 14.3 Å². The smallest absolute Gasteiger partial charge is 0.264 e. The highest BCUT2D eigenvalue weighted by Gasteiger charge is 2.26. The number of aryl methyl sites for hydroxylation is 1. The van der Waals surface area contributed by atoms with Gasteiger partial charge < -0.3 is 20.3 Å². The molecule has 1 atom stereocenters. The van der Waals surface area contributed by atoms with Crippen molar-refractivity contribution in [1.82, 2.24) is 9.80 Å². The monoisotopic (exact) mass is 361 g/mol. The van der Waals surface area contributed by atoms with Crippen molar-refractivity contribution in [3.63, 3.8) is 0 Å². The van der Waals surface area contributed by atoms with E-state index in [-0.39, 0.29) is 30.3 Å². The van der Waals surface area contributed by atoms with Gasteiger partial charge in [-0.1, -0.05) is 0 Å². The molecule has 6 nitrogen and oxygen atoms in total. The number of carbonyl (C=O) groups is 2. The lowest BCUT2D eigenvalue weighted by molar-refractivity contribution is -0.135. The number of carbonyl (C=O) groups excluding carboxylic acids is 2. The molecule has 1 unspecified atom stereocenters. The van der Waals surface area contributed by atoms with E-state index in [1.807, 2.05) is 24.0 Å². The predicted octanol–water partition coefficient (Wildman–Crippen LogP) is 1.13. The van der Waals surface area contributed by atoms with Crippen LogP contribution in [0.3, 0.4) is 0 Å². The van der Waals surface area contributed by atoms with Crippen LogP contribution in [-0.4, -0.2) is 67.6 Å². The SMILES string of the molecule is COC(CN)CC(=O)N1CCN(C(=O)c2ccc(C)s2)CC1.Cl. The molecule has 1 aliphatic rings. The lowest BCUT2D eigenvalue weighted by atomic mass is 10.2. The van der Waals surface area contributed by atoms with Crippen molar-refractivity contribution in [2.75, 3.05) is 39.8 Å². The molecule has 1 fully saturated rings. The van der Waals surface area contributed by atoms with Crippen LogP contribution in [0.1, 0.15) is 21.0 Å². The number of nitrogens with zero attached hydrogens (tertiary/aromatic N) is 2. The molecule has 1 saturated heterocycles. The van der Waals surface area contributed by atoms with Gasteiger partial charge in [0.05, 0.1) is 17.4 Å². The largest absolute Gasteiger partial charge is 0.380 e. The molecule has 1 aromatic heterocycles. The molecule has 8 heteroatoms. The molecule has 0 saturated carbocycles. The summed E-state index contributed by atoms with van der Waals surface area (Å²) in [5, 5.41) is 0. The zero-order chi connectivity index (χ0) is 16.1. The summed E-state index contributed by atoms with van der Waals surface area (Å²) in [6.45, 7) is 4.59. The van der Waals surface area contributed by atoms with Gasteiger partial charge in [0.25, 0.3) is 5.91 Å². The van der Waals surface area contributed by atoms with E-state index in [0.29, 0.717) is 39.1 Å². The minimum absolute atomic E-state index is 0. The lowest BCUT2D eigenvalue weighted by Gasteiger charge is -2.35. The molecule has 2 N–H and O–H groups in total. The fraction of sp³-hybridized carbons (Fsp3) is 0.600. The topological polar surface area (TPSA) is 75.9 Å². The molecule has 130 valence electrons. The fourth-order valence-corrected chi connectivity index (χ4v) is 3.29. The summed E-state index contributed by atoms with van der Waals surface area (Å²) < 4.78 is 5.14. The van der Waals surface area contributed by atoms with Crippen molar-refractivity contribution in [3.8, 4) is 0 Å². The first-order chi connectivity index (χ1) is 10.5. The number of thiophene rings is 1. The number of nitrogens with two attached hydrogens (primary N) is 1. The van der Waals surface area contributed by atoms with Gasteiger partial charge in [-0.25, -0.2) is 0 Å². The molecule has 0 spiro atoms. The number of halogens is 1. The Hall–Kier alpha value is -1.15. The van der Waals surface area contributed by atoms with Gasteiger partial charge in [-0.15, -0.1) is 23.7 Å². The Balaban J connectivity index is 0.00000264. The van der Waals surface area contributed by atoms with Gasteiger partial charge >= 0.3 is 0 Å². The van der Waals surface area contributed by atoms with E-state index in [0.717, 1.165) is 9.75 Å². The summed E-state index contributed by atoms with van der Waals surface area (Å²) in [4.78, 5) is 30.0. The third-order valence-corrected chi connectivity index (χ3v) is 4.86. The molecule has 2 heterocycles. The van der Waals surface area contributed by atoms with Crippen LogP contribution in [0.4, 0.5) is 0 Å². The molecule has 0 aromatic carbocycles. The third-order valence-electron chi connectivity index (χ3n) is 3.87. The van der Waals surface area contributed by atoms with Gasteiger partial charge in [0.2, 0.25) is 5.91 Å². The van der Waals surface area contributed by atoms with E-state index in [1.165, 1.54) is 11.3 Å². The normalized spacial score (nSPS) is 16.0. The fourth-order valence-electron chi connectivity index (χ4n) is 2.45. The number of methoxy groups -OCH3 is 1. The summed E-state index contributed by atoms with van der Waals surface area (Å²) in [5.41, 5.74) is 5.54. The van der Waals surface area contributed by atoms with Crippen LogP contribution in [0.25, 0.3) is 0 Å². The van der Waals surface area contributed by atoms with Crippen molar-refractivity contribution in [2.24, 2.45) is 5.73 Å². The van der Waals surface area contributed by atoms with E-state index < -0.39 is 0 Å². The number of hydrogen-bond acceptors (Lipinski definition) is 5. The van der Waals surface area contributed by atoms with Crippen LogP contribution < -0.4 is 5.73 Å². The molecule has 0 bridgehead atoms. The van der Waals surface area contributed by atoms with Crippen LogP contribution in [0.2, 0.25) is 0 Å². The molecule has 0 radical (unpaired) electrons. The summed E-state index contributed by atoms with van der Waals surface area (Å²) in [6.07, 6.45) is 0.0617. The van der Waals surface area contributed by atoms with Crippen LogP contribution in [0, 0.1) is 6.92 Å². The molecule has 2 rings (SSSR count). The number of piperazine rings is 1. The lowest BCUT2D eigenvalue weighted by Crippen LogP contribution is -2.51. The first-order valence-corrected chi connectivity index (χ1v) is 8.23. The molecular weight excluding hydrogens is 338 g/mol. The standard InChI is InChI=1S/C15H23N3O3S.ClH/c1-11-3-4-13(22-11)15(20)18-7-5-17(6-8-18)14(19)9-12(10-16)21-2;/h3-4,12H,5-10,16H2,1-2H3;1H. The molecular formula is C15H24ClN3O3S. The highest BCUT2D eigenvalue weighted by molar-refractivity contribution is 7.13. The second kappa shape index (κ2) is 9.22. The maximum atomic E-state index is 12.4. The van der Waals surface area contributed by atoms with Crippen LogP contribution >= 0.6 is 23.7 Å². The maximum absolute atomic E-state index is 12.4. The van der Waals surface area contributed by atoms with E-state index >= 15 is 0 Å². The first-order valence-electron chi connectivity index (χ1n) is 7.41. The van der Waals surface area contributed by atoms with Crippen molar-refractivity contribution in [3.05, 3.63) is 21.9 Å². The van der Waals surface area contributed by atoms with Crippen molar-refractivity contribution in [2.45, 2.75) is 19.4 Å². The number of rotatable bonds is 5. The molecule has 23 heavy (non-hydrogen) atoms. The Morgan fingerprint density at radius 3 is 2.35 bits per heavy atom. The molecule has 0 aliphatic carbocycles. The minimum atomic E-state index is -0.235. The minimum Gasteiger partial charge on any atom is -0.380 e. The van der Waals surface area contributed by atoms with Crippen molar-refractivity contribution in [1.29, 1.82) is 0 Å². The highest BCUT2D eigenvalue weighted by atomic mass is 35.5. The third kappa shape index (κ3) is 5.17. The summed E-state index contributed by atoms with van der Waals surface area (Å²) in [7, 11) is 1.56. The highest BCUT2D eigenvalue weighted by Crippen LogP contribution is 2.18. The zero-order valence-electron chi connectivity index (χ0n) is 13.5. The molecule has 1 aromatic rings. The second-order valence-corrected chi connectivity index (χ2v) is 6.67. The summed E-state index contributed by atoms with van der Waals surface area (Å²) in [6, 6.07) is 3.82. The van der Waals surface area contributed by atoms with Crippen LogP contribution in [-0.2, 0) is 9.53 Å². The Labute approximate surface area is 147 Å². The van der Waals surface area contributed by atoms with Gasteiger partial charge in [0.1, 0.15) is 0 Å². The number of amides is 2. The average molecular weight is 362 g/mol. The van der Waals surface area contributed by atoms with E-state index in [4.69, 9.17) is 10.5 Å². The van der Waals surface area contributed by atoms with Gasteiger partial charge in [0, 0.05) is 44.7 Å². The zero-order valence-corrected chi connectivity index (χ0v) is 15.1. The summed E-state index contributed by atoms with van der Waals surface area (Å²) >= 11 is 1.51. The van der Waals surface area contributed by atoms with E-state index in [2.05, 4.69) is 0 Å². The van der Waals surface area contributed by atoms with E-state index in [1.54, 1.807) is 12.0 Å². The Bertz CT molecular complexity index is 526. The van der Waals surface area contributed by atoms with Crippen LogP contribution in [0.5, 0.6) is 0 Å². The van der Waals surface area contributed by atoms with Gasteiger partial charge in [-0.05, 0) is 19.1 Å². The second-order valence-electron chi connectivity index (χ2n) is 5.38. The van der Waals surface area contributed by atoms with E-state index in [9.17, 15) is 9.59 Å². The maximum Gasteiger partial charge on any atom is 0.264 e. The summed E-state index contributed by atoms with van der Waals surface area (Å²) in [5.74, 6) is 0.0956. The Morgan fingerprint density at radius 2 is 1.87 bits per heavy atom. The Morgan fingerprint density at radius 1 is 1.26 bits per heavy atom. The van der Waals surface area contributed by atoms with Crippen molar-refractivity contribution >= 4 is 35.6 Å². The van der Waals surface area contributed by atoms with Gasteiger partial charge in [-0.2, -0.15) is 0 Å². The molecule has 1 aliphatic heterocycles. The number of hydrogen-bond donors (Lipinski definition) is 1. The average Bonchev–Trinajstić information content (AvgIpc) is 2.98. The number of ether oxygens (including phenoxy) is 1. The van der Waals surface area contributed by atoms with Gasteiger partial charge in [0.15, 0.2) is 0 Å². The first kappa shape index (κ1) is 19.9. The van der Waals surface area contributed by atoms with Gasteiger partial charge in [-0.3, -0.25) is 9.59 Å². The Kier molecular flexibility index (Phi) is 7.98. The van der Waals surface area contributed by atoms with Crippen LogP contribution in [0.15, 0.2) is 12.1 Å². The predicted molar refractivity (Wildman–Crippen MR) is 93.3 cm³/mol. The quantitative estimate of drug-likeness (QED) is 0.852.